The summed E-state index contributed by atoms with van der Waals surface area (Å²) in [5, 5.41) is 7.14. The van der Waals surface area contributed by atoms with Crippen LogP contribution in [0.1, 0.15) is 37.2 Å². The molecule has 1 fully saturated rings. The summed E-state index contributed by atoms with van der Waals surface area (Å²) in [5.74, 6) is 0.941. The molecule has 0 spiro atoms. The molecule has 1 N–H and O–H groups in total. The van der Waals surface area contributed by atoms with Crippen LogP contribution < -0.4 is 10.2 Å². The zero-order valence-corrected chi connectivity index (χ0v) is 15.1. The van der Waals surface area contributed by atoms with Crippen LogP contribution in [0.2, 0.25) is 0 Å². The first-order chi connectivity index (χ1) is 12.1. The lowest BCUT2D eigenvalue weighted by Gasteiger charge is -2.37. The topological polar surface area (TPSA) is 57.4 Å². The monoisotopic (exact) mass is 347 g/mol. The predicted molar refractivity (Wildman–Crippen MR) is 95.0 cm³/mol. The summed E-state index contributed by atoms with van der Waals surface area (Å²) in [5.41, 5.74) is 2.06. The van der Waals surface area contributed by atoms with Crippen LogP contribution in [0.25, 0.3) is 0 Å². The number of hydrogen-bond acceptors (Lipinski definition) is 6. The number of anilines is 1. The van der Waals surface area contributed by atoms with Crippen LogP contribution in [-0.2, 0) is 6.54 Å². The summed E-state index contributed by atoms with van der Waals surface area (Å²) in [4.78, 5) is 8.97. The molecule has 1 saturated heterocycles. The molecule has 0 aliphatic carbocycles. The molecular weight excluding hydrogens is 321 g/mol. The van der Waals surface area contributed by atoms with Crippen molar-refractivity contribution in [1.82, 2.24) is 20.4 Å². The number of piperazine rings is 1. The molecular formula is C18H26FN5O. The normalized spacial score (nSPS) is 17.0. The van der Waals surface area contributed by atoms with Crippen molar-refractivity contribution in [2.75, 3.05) is 37.6 Å². The van der Waals surface area contributed by atoms with Gasteiger partial charge in [0.2, 0.25) is 5.89 Å². The number of hydrogen-bond donors (Lipinski definition) is 1. The molecule has 25 heavy (non-hydrogen) atoms. The Morgan fingerprint density at radius 3 is 2.68 bits per heavy atom. The zero-order valence-electron chi connectivity index (χ0n) is 15.1. The zero-order chi connectivity index (χ0) is 17.8. The van der Waals surface area contributed by atoms with E-state index in [0.29, 0.717) is 18.3 Å². The van der Waals surface area contributed by atoms with E-state index in [-0.39, 0.29) is 11.9 Å². The molecule has 136 valence electrons. The Bertz CT molecular complexity index is 697. The van der Waals surface area contributed by atoms with Gasteiger partial charge in [0.15, 0.2) is 5.82 Å². The number of aryl methyl sites for hydroxylation is 1. The van der Waals surface area contributed by atoms with Crippen molar-refractivity contribution < 1.29 is 8.91 Å². The highest BCUT2D eigenvalue weighted by molar-refractivity contribution is 5.55. The number of benzene rings is 1. The molecule has 6 nitrogen and oxygen atoms in total. The van der Waals surface area contributed by atoms with Gasteiger partial charge in [-0.3, -0.25) is 0 Å². The third-order valence-electron chi connectivity index (χ3n) is 4.75. The fourth-order valence-corrected chi connectivity index (χ4v) is 3.23. The van der Waals surface area contributed by atoms with Gasteiger partial charge in [-0.15, -0.1) is 0 Å². The van der Waals surface area contributed by atoms with Crippen molar-refractivity contribution in [3.8, 4) is 0 Å². The maximum atomic E-state index is 13.9. The smallest absolute Gasteiger partial charge is 0.240 e. The maximum Gasteiger partial charge on any atom is 0.240 e. The van der Waals surface area contributed by atoms with Gasteiger partial charge in [0.1, 0.15) is 5.82 Å². The number of halogens is 1. The van der Waals surface area contributed by atoms with Crippen molar-refractivity contribution in [1.29, 1.82) is 0 Å². The lowest BCUT2D eigenvalue weighted by molar-refractivity contribution is 0.271. The van der Waals surface area contributed by atoms with E-state index in [4.69, 9.17) is 4.52 Å². The lowest BCUT2D eigenvalue weighted by Crippen LogP contribution is -2.46. The fraction of sp³-hybridized carbons (Fsp3) is 0.556. The molecule has 0 saturated carbocycles. The van der Waals surface area contributed by atoms with Gasteiger partial charge in [-0.25, -0.2) is 4.39 Å². The minimum Gasteiger partial charge on any atom is -0.369 e. The molecule has 2 aromatic rings. The lowest BCUT2D eigenvalue weighted by atomic mass is 10.0. The summed E-state index contributed by atoms with van der Waals surface area (Å²) in [6, 6.07) is 5.03. The first-order valence-corrected chi connectivity index (χ1v) is 8.86. The van der Waals surface area contributed by atoms with Crippen molar-refractivity contribution in [2.24, 2.45) is 0 Å². The van der Waals surface area contributed by atoms with Crippen LogP contribution in [0.4, 0.5) is 10.1 Å². The van der Waals surface area contributed by atoms with Crippen molar-refractivity contribution in [2.45, 2.75) is 33.4 Å². The second kappa shape index (κ2) is 7.93. The second-order valence-electron chi connectivity index (χ2n) is 6.46. The van der Waals surface area contributed by atoms with E-state index < -0.39 is 0 Å². The molecule has 1 aliphatic heterocycles. The van der Waals surface area contributed by atoms with Crippen molar-refractivity contribution in [3.63, 3.8) is 0 Å². The van der Waals surface area contributed by atoms with Gasteiger partial charge in [-0.2, -0.15) is 4.98 Å². The Kier molecular flexibility index (Phi) is 5.65. The molecule has 1 atom stereocenters. The van der Waals surface area contributed by atoms with Crippen LogP contribution in [0.3, 0.4) is 0 Å². The molecule has 1 aromatic heterocycles. The Balaban J connectivity index is 1.72. The number of nitrogens with zero attached hydrogens (tertiary/aromatic N) is 4. The highest BCUT2D eigenvalue weighted by Gasteiger charge is 2.21. The Morgan fingerprint density at radius 2 is 2.04 bits per heavy atom. The average molecular weight is 347 g/mol. The van der Waals surface area contributed by atoms with Gasteiger partial charge < -0.3 is 19.6 Å². The van der Waals surface area contributed by atoms with Gasteiger partial charge in [-0.1, -0.05) is 12.1 Å². The molecule has 1 aromatic carbocycles. The molecule has 0 radical (unpaired) electrons. The van der Waals surface area contributed by atoms with Crippen LogP contribution in [0.15, 0.2) is 22.7 Å². The van der Waals surface area contributed by atoms with Crippen molar-refractivity contribution >= 4 is 5.69 Å². The van der Waals surface area contributed by atoms with E-state index in [2.05, 4.69) is 32.2 Å². The summed E-state index contributed by atoms with van der Waals surface area (Å²) in [7, 11) is 0. The summed E-state index contributed by atoms with van der Waals surface area (Å²) < 4.78 is 19.0. The summed E-state index contributed by atoms with van der Waals surface area (Å²) in [6.07, 6.45) is 0. The minimum absolute atomic E-state index is 0.0258. The molecule has 1 aliphatic rings. The minimum atomic E-state index is -0.215. The number of aromatic nitrogens is 2. The standard InChI is InChI=1S/C18H26FN5O/c1-4-23-7-9-24(10-8-23)17-6-5-15(19)11-16(17)13(2)20-12-18-21-14(3)22-25-18/h5-6,11,13,20H,4,7-10,12H2,1-3H3/t13-/m1/s1. The largest absolute Gasteiger partial charge is 0.369 e. The second-order valence-corrected chi connectivity index (χ2v) is 6.46. The Morgan fingerprint density at radius 1 is 1.28 bits per heavy atom. The van der Waals surface area contributed by atoms with E-state index in [1.807, 2.05) is 13.0 Å². The van der Waals surface area contributed by atoms with Gasteiger partial charge >= 0.3 is 0 Å². The van der Waals surface area contributed by atoms with Crippen LogP contribution >= 0.6 is 0 Å². The van der Waals surface area contributed by atoms with Gasteiger partial charge in [0, 0.05) is 37.9 Å². The molecule has 0 amide bonds. The molecule has 2 heterocycles. The van der Waals surface area contributed by atoms with E-state index in [9.17, 15) is 4.39 Å². The molecule has 0 unspecified atom stereocenters. The van der Waals surface area contributed by atoms with Crippen LogP contribution in [0.5, 0.6) is 0 Å². The Hall–Kier alpha value is -1.99. The fourth-order valence-electron chi connectivity index (χ4n) is 3.23. The molecule has 0 bridgehead atoms. The highest BCUT2D eigenvalue weighted by atomic mass is 19.1. The van der Waals surface area contributed by atoms with E-state index in [1.165, 1.54) is 0 Å². The van der Waals surface area contributed by atoms with Crippen LogP contribution in [-0.4, -0.2) is 47.8 Å². The van der Waals surface area contributed by atoms with Gasteiger partial charge in [0.25, 0.3) is 0 Å². The predicted octanol–water partition coefficient (Wildman–Crippen LogP) is 2.51. The van der Waals surface area contributed by atoms with Gasteiger partial charge in [0.05, 0.1) is 6.54 Å². The molecule has 3 rings (SSSR count). The van der Waals surface area contributed by atoms with E-state index in [1.54, 1.807) is 19.1 Å². The molecule has 7 heteroatoms. The van der Waals surface area contributed by atoms with Gasteiger partial charge in [-0.05, 0) is 44.2 Å². The first-order valence-electron chi connectivity index (χ1n) is 8.86. The average Bonchev–Trinajstić information content (AvgIpc) is 3.05. The van der Waals surface area contributed by atoms with E-state index >= 15 is 0 Å². The third kappa shape index (κ3) is 4.35. The third-order valence-corrected chi connectivity index (χ3v) is 4.75. The SMILES string of the molecule is CCN1CCN(c2ccc(F)cc2[C@@H](C)NCc2nc(C)no2)CC1. The summed E-state index contributed by atoms with van der Waals surface area (Å²) in [6.45, 7) is 11.5. The van der Waals surface area contributed by atoms with Crippen molar-refractivity contribution in [3.05, 3.63) is 41.3 Å². The quantitative estimate of drug-likeness (QED) is 0.866. The van der Waals surface area contributed by atoms with Crippen LogP contribution in [0, 0.1) is 12.7 Å². The first kappa shape index (κ1) is 17.8. The highest BCUT2D eigenvalue weighted by Crippen LogP contribution is 2.28. The Labute approximate surface area is 148 Å². The summed E-state index contributed by atoms with van der Waals surface area (Å²) >= 11 is 0. The number of rotatable bonds is 6. The number of likely N-dealkylation sites (N-methyl/N-ethyl adjacent to an activating group) is 1. The maximum absolute atomic E-state index is 13.9. The van der Waals surface area contributed by atoms with E-state index in [0.717, 1.165) is 44.0 Å². The number of nitrogens with one attached hydrogen (secondary N) is 1.